The average molecular weight is 628 g/mol. The van der Waals surface area contributed by atoms with Crippen molar-refractivity contribution >= 4 is 13.2 Å². The van der Waals surface area contributed by atoms with Crippen LogP contribution >= 0.6 is 7.26 Å². The molecule has 0 amide bonds. The third kappa shape index (κ3) is 36.2. The van der Waals surface area contributed by atoms with E-state index in [-0.39, 0.29) is 0 Å². The summed E-state index contributed by atoms with van der Waals surface area (Å²) in [4.78, 5) is 10.0. The zero-order chi connectivity index (χ0) is 32.1. The van der Waals surface area contributed by atoms with Crippen LogP contribution in [0.4, 0.5) is 0 Å². The maximum absolute atomic E-state index is 10.0. The number of carboxylic acids is 1. The second-order valence-corrected chi connectivity index (χ2v) is 18.3. The van der Waals surface area contributed by atoms with Gasteiger partial charge in [-0.2, -0.15) is 0 Å². The van der Waals surface area contributed by atoms with Gasteiger partial charge in [-0.3, -0.25) is 4.79 Å². The van der Waals surface area contributed by atoms with E-state index in [1.165, 1.54) is 148 Å². The van der Waals surface area contributed by atoms with Crippen LogP contribution in [-0.2, 0) is 4.79 Å². The normalized spacial score (nSPS) is 11.5. The summed E-state index contributed by atoms with van der Waals surface area (Å²) in [5.41, 5.74) is 0. The Morgan fingerprint density at radius 1 is 0.349 bits per heavy atom. The van der Waals surface area contributed by atoms with E-state index in [0.717, 1.165) is 12.8 Å². The van der Waals surface area contributed by atoms with Crippen LogP contribution in [0.2, 0.25) is 0 Å². The fourth-order valence-electron chi connectivity index (χ4n) is 6.46. The van der Waals surface area contributed by atoms with E-state index >= 15 is 0 Å². The largest absolute Gasteiger partial charge is 0.481 e. The number of rotatable bonds is 34. The van der Waals surface area contributed by atoms with Crippen molar-refractivity contribution in [3.05, 3.63) is 0 Å². The zero-order valence-electron chi connectivity index (χ0n) is 30.8. The summed E-state index contributed by atoms with van der Waals surface area (Å²) in [5, 5.41) is 8.27. The Hall–Kier alpha value is -0.100. The molecule has 0 atom stereocenters. The molecule has 1 N–H and O–H groups in total. The average Bonchev–Trinajstić information content (AvgIpc) is 3.00. The molecule has 0 saturated heterocycles. The van der Waals surface area contributed by atoms with Gasteiger partial charge in [-0.1, -0.05) is 163 Å². The second kappa shape index (κ2) is 38.1. The lowest BCUT2D eigenvalue weighted by atomic mass is 10.1. The van der Waals surface area contributed by atoms with E-state index in [4.69, 9.17) is 5.11 Å². The van der Waals surface area contributed by atoms with Crippen LogP contribution in [0.5, 0.6) is 0 Å². The molecule has 260 valence electrons. The molecule has 2 nitrogen and oxygen atoms in total. The summed E-state index contributed by atoms with van der Waals surface area (Å²) in [7, 11) is -0.697. The van der Waals surface area contributed by atoms with Gasteiger partial charge in [-0.25, -0.2) is 0 Å². The van der Waals surface area contributed by atoms with Crippen LogP contribution in [0, 0.1) is 0 Å². The van der Waals surface area contributed by atoms with Gasteiger partial charge in [0.1, 0.15) is 0 Å². The lowest BCUT2D eigenvalue weighted by Gasteiger charge is -2.28. The Morgan fingerprint density at radius 3 is 0.814 bits per heavy atom. The Kier molecular flexibility index (Phi) is 39.9. The lowest BCUT2D eigenvalue weighted by molar-refractivity contribution is -0.137. The van der Waals surface area contributed by atoms with Crippen molar-refractivity contribution in [3.63, 3.8) is 0 Å². The smallest absolute Gasteiger partial charge is 0.303 e. The van der Waals surface area contributed by atoms with E-state index in [2.05, 4.69) is 34.6 Å². The number of carboxylic acid groups (broad SMARTS) is 1. The van der Waals surface area contributed by atoms with Gasteiger partial charge < -0.3 is 5.11 Å². The number of hydrogen-bond acceptors (Lipinski definition) is 1. The minimum Gasteiger partial charge on any atom is -0.481 e. The van der Waals surface area contributed by atoms with Gasteiger partial charge in [0.15, 0.2) is 0 Å². The van der Waals surface area contributed by atoms with Gasteiger partial charge in [0, 0.05) is 13.7 Å². The van der Waals surface area contributed by atoms with Crippen LogP contribution in [0.1, 0.15) is 227 Å². The van der Waals surface area contributed by atoms with Gasteiger partial charge in [-0.15, -0.1) is 0 Å². The molecular weight excluding hydrogens is 543 g/mol. The molecule has 0 unspecified atom stereocenters. The SMILES string of the molecule is CCCCCCCC(=O)O.CCCCCCCCCCCCCC[P+](CCCCCC)(CCCCCC)CCCCCC. The minimum absolute atomic E-state index is 0.337. The summed E-state index contributed by atoms with van der Waals surface area (Å²) in [6.45, 7) is 11.6. The van der Waals surface area contributed by atoms with Gasteiger partial charge >= 0.3 is 5.97 Å². The topological polar surface area (TPSA) is 37.3 Å². The van der Waals surface area contributed by atoms with Gasteiger partial charge in [0.25, 0.3) is 0 Å². The summed E-state index contributed by atoms with van der Waals surface area (Å²) >= 11 is 0. The number of aliphatic carboxylic acids is 1. The molecule has 0 aliphatic heterocycles. The summed E-state index contributed by atoms with van der Waals surface area (Å²) in [5.74, 6) is -0.670. The Balaban J connectivity index is 0. The number of carbonyl (C=O) groups is 1. The molecule has 0 radical (unpaired) electrons. The maximum Gasteiger partial charge on any atom is 0.303 e. The Morgan fingerprint density at radius 2 is 0.558 bits per heavy atom. The van der Waals surface area contributed by atoms with E-state index in [0.29, 0.717) is 6.42 Å². The van der Waals surface area contributed by atoms with E-state index in [9.17, 15) is 4.79 Å². The van der Waals surface area contributed by atoms with Crippen molar-refractivity contribution in [2.24, 2.45) is 0 Å². The monoisotopic (exact) mass is 628 g/mol. The van der Waals surface area contributed by atoms with Crippen molar-refractivity contribution in [2.75, 3.05) is 24.6 Å². The number of hydrogen-bond donors (Lipinski definition) is 1. The van der Waals surface area contributed by atoms with Gasteiger partial charge in [-0.05, 0) is 57.8 Å². The molecule has 0 spiro atoms. The lowest BCUT2D eigenvalue weighted by Crippen LogP contribution is -2.13. The van der Waals surface area contributed by atoms with Gasteiger partial charge in [0.2, 0.25) is 0 Å². The molecule has 3 heteroatoms. The highest BCUT2D eigenvalue weighted by Gasteiger charge is 2.34. The Bertz CT molecular complexity index is 489. The molecule has 0 rings (SSSR count). The van der Waals surface area contributed by atoms with E-state index in [1.807, 2.05) is 0 Å². The molecule has 0 aromatic rings. The van der Waals surface area contributed by atoms with E-state index < -0.39 is 13.2 Å². The van der Waals surface area contributed by atoms with Crippen molar-refractivity contribution in [2.45, 2.75) is 227 Å². The molecule has 0 saturated carbocycles. The van der Waals surface area contributed by atoms with Crippen molar-refractivity contribution in [1.82, 2.24) is 0 Å². The van der Waals surface area contributed by atoms with Crippen LogP contribution in [0.15, 0.2) is 0 Å². The first-order valence-electron chi connectivity index (χ1n) is 20.1. The zero-order valence-corrected chi connectivity index (χ0v) is 31.7. The first-order valence-corrected chi connectivity index (χ1v) is 22.6. The fraction of sp³-hybridized carbons (Fsp3) is 0.975. The molecule has 0 aromatic heterocycles. The van der Waals surface area contributed by atoms with Crippen molar-refractivity contribution in [1.29, 1.82) is 0 Å². The first-order chi connectivity index (χ1) is 21.0. The molecule has 0 bridgehead atoms. The molecule has 0 aliphatic carbocycles. The molecule has 0 fully saturated rings. The molecule has 0 aliphatic rings. The quantitative estimate of drug-likeness (QED) is 0.0569. The fourth-order valence-corrected chi connectivity index (χ4v) is 11.4. The molecule has 0 aromatic carbocycles. The third-order valence-corrected chi connectivity index (χ3v) is 14.5. The molecule has 43 heavy (non-hydrogen) atoms. The molecular formula is C40H84O2P+. The van der Waals surface area contributed by atoms with E-state index in [1.54, 1.807) is 50.3 Å². The second-order valence-electron chi connectivity index (χ2n) is 13.9. The van der Waals surface area contributed by atoms with Crippen LogP contribution < -0.4 is 0 Å². The number of unbranched alkanes of at least 4 members (excludes halogenated alkanes) is 24. The highest BCUT2D eigenvalue weighted by Crippen LogP contribution is 2.61. The van der Waals surface area contributed by atoms with Crippen molar-refractivity contribution in [3.8, 4) is 0 Å². The third-order valence-electron chi connectivity index (χ3n) is 9.44. The highest BCUT2D eigenvalue weighted by molar-refractivity contribution is 7.75. The minimum atomic E-state index is -0.697. The predicted octanol–water partition coefficient (Wildman–Crippen LogP) is 14.9. The molecule has 0 heterocycles. The van der Waals surface area contributed by atoms with Crippen LogP contribution in [-0.4, -0.2) is 35.7 Å². The predicted molar refractivity (Wildman–Crippen MR) is 201 cm³/mol. The Labute approximate surface area is 274 Å². The summed E-state index contributed by atoms with van der Waals surface area (Å²) in [6.07, 6.45) is 48.0. The summed E-state index contributed by atoms with van der Waals surface area (Å²) < 4.78 is 0. The highest BCUT2D eigenvalue weighted by atomic mass is 31.2. The van der Waals surface area contributed by atoms with Gasteiger partial charge in [0.05, 0.1) is 24.6 Å². The first kappa shape index (κ1) is 45.0. The summed E-state index contributed by atoms with van der Waals surface area (Å²) in [6, 6.07) is 0. The van der Waals surface area contributed by atoms with Crippen molar-refractivity contribution < 1.29 is 9.90 Å². The van der Waals surface area contributed by atoms with Crippen LogP contribution in [0.25, 0.3) is 0 Å². The maximum atomic E-state index is 10.0. The van der Waals surface area contributed by atoms with Crippen LogP contribution in [0.3, 0.4) is 0 Å². The standard InChI is InChI=1S/C32H68P.C8H16O2/c1-5-9-13-17-18-19-20-21-22-23-24-28-32-33(29-25-14-10-6-2,30-26-15-11-7-3)31-27-16-12-8-4;1-2-3-4-5-6-7-8(9)10/h5-32H2,1-4H3;2-7H2,1H3,(H,9,10)/q+1;.